The van der Waals surface area contributed by atoms with Crippen LogP contribution < -0.4 is 5.32 Å². The van der Waals surface area contributed by atoms with Crippen molar-refractivity contribution >= 4 is 17.8 Å². The molecule has 0 bridgehead atoms. The molecule has 0 aromatic heterocycles. The molecule has 0 aliphatic carbocycles. The van der Waals surface area contributed by atoms with Crippen LogP contribution in [-0.2, 0) is 14.4 Å². The highest BCUT2D eigenvalue weighted by atomic mass is 19.4. The Bertz CT molecular complexity index is 383. The van der Waals surface area contributed by atoms with Crippen molar-refractivity contribution in [2.24, 2.45) is 0 Å². The van der Waals surface area contributed by atoms with Gasteiger partial charge in [0.15, 0.2) is 0 Å². The first-order valence-electron chi connectivity index (χ1n) is 5.60. The van der Waals surface area contributed by atoms with E-state index in [9.17, 15) is 27.6 Å². The highest BCUT2D eigenvalue weighted by Crippen LogP contribution is 2.18. The van der Waals surface area contributed by atoms with Crippen LogP contribution >= 0.6 is 0 Å². The van der Waals surface area contributed by atoms with E-state index in [4.69, 9.17) is 5.11 Å². The number of aliphatic carboxylic acids is 1. The summed E-state index contributed by atoms with van der Waals surface area (Å²) >= 11 is 0. The van der Waals surface area contributed by atoms with Gasteiger partial charge in [-0.15, -0.1) is 0 Å². The van der Waals surface area contributed by atoms with Crippen LogP contribution in [0.4, 0.5) is 13.2 Å². The zero-order valence-electron chi connectivity index (χ0n) is 9.87. The predicted octanol–water partition coefficient (Wildman–Crippen LogP) is 0.131. The van der Waals surface area contributed by atoms with Crippen molar-refractivity contribution in [2.75, 3.05) is 13.1 Å². The summed E-state index contributed by atoms with van der Waals surface area (Å²) in [7, 11) is 0. The van der Waals surface area contributed by atoms with Crippen molar-refractivity contribution in [2.45, 2.75) is 31.5 Å². The van der Waals surface area contributed by atoms with Crippen LogP contribution in [0.1, 0.15) is 19.3 Å². The second-order valence-electron chi connectivity index (χ2n) is 4.09. The highest BCUT2D eigenvalue weighted by Gasteiger charge is 2.38. The Hall–Kier alpha value is -1.80. The van der Waals surface area contributed by atoms with Crippen LogP contribution in [0, 0.1) is 0 Å². The van der Waals surface area contributed by atoms with Crippen LogP contribution in [0.5, 0.6) is 0 Å². The van der Waals surface area contributed by atoms with Crippen molar-refractivity contribution in [3.8, 4) is 0 Å². The molecule has 2 N–H and O–H groups in total. The van der Waals surface area contributed by atoms with Crippen LogP contribution in [0.25, 0.3) is 0 Å². The molecular weight excluding hydrogens is 269 g/mol. The summed E-state index contributed by atoms with van der Waals surface area (Å²) in [6.07, 6.45) is -4.47. The molecule has 108 valence electrons. The third-order valence-corrected chi connectivity index (χ3v) is 2.74. The van der Waals surface area contributed by atoms with Crippen LogP contribution in [0.3, 0.4) is 0 Å². The SMILES string of the molecule is O=C(O)[C@@H]1CCCN1C(=O)CCNC(=O)C(F)(F)F. The van der Waals surface area contributed by atoms with Gasteiger partial charge in [0.05, 0.1) is 0 Å². The molecule has 0 radical (unpaired) electrons. The van der Waals surface area contributed by atoms with Gasteiger partial charge in [-0.05, 0) is 12.8 Å². The Morgan fingerprint density at radius 1 is 1.32 bits per heavy atom. The Balaban J connectivity index is 2.40. The molecule has 1 rings (SSSR count). The average Bonchev–Trinajstić information content (AvgIpc) is 2.76. The summed E-state index contributed by atoms with van der Waals surface area (Å²) in [5.41, 5.74) is 0. The third-order valence-electron chi connectivity index (χ3n) is 2.74. The van der Waals surface area contributed by atoms with Gasteiger partial charge < -0.3 is 15.3 Å². The number of carbonyl (C=O) groups excluding carboxylic acids is 2. The summed E-state index contributed by atoms with van der Waals surface area (Å²) in [4.78, 5) is 34.0. The van der Waals surface area contributed by atoms with Gasteiger partial charge in [0.1, 0.15) is 6.04 Å². The minimum absolute atomic E-state index is 0.267. The maximum atomic E-state index is 11.9. The normalized spacial score (nSPS) is 19.3. The van der Waals surface area contributed by atoms with Crippen LogP contribution in [0.2, 0.25) is 0 Å². The number of carboxylic acids is 1. The Labute approximate surface area is 106 Å². The molecule has 2 amide bonds. The monoisotopic (exact) mass is 282 g/mol. The molecule has 1 aliphatic heterocycles. The molecule has 1 aliphatic rings. The van der Waals surface area contributed by atoms with Gasteiger partial charge in [0.25, 0.3) is 0 Å². The Morgan fingerprint density at radius 3 is 2.47 bits per heavy atom. The van der Waals surface area contributed by atoms with Gasteiger partial charge in [-0.1, -0.05) is 0 Å². The first-order chi connectivity index (χ1) is 8.73. The number of nitrogens with zero attached hydrogens (tertiary/aromatic N) is 1. The van der Waals surface area contributed by atoms with Crippen LogP contribution in [0.15, 0.2) is 0 Å². The lowest BCUT2D eigenvalue weighted by molar-refractivity contribution is -0.173. The number of hydrogen-bond acceptors (Lipinski definition) is 3. The number of alkyl halides is 3. The number of halogens is 3. The lowest BCUT2D eigenvalue weighted by Gasteiger charge is -2.21. The fraction of sp³-hybridized carbons (Fsp3) is 0.700. The van der Waals surface area contributed by atoms with Crippen molar-refractivity contribution in [1.29, 1.82) is 0 Å². The number of likely N-dealkylation sites (tertiary alicyclic amines) is 1. The van der Waals surface area contributed by atoms with E-state index in [1.807, 2.05) is 0 Å². The maximum absolute atomic E-state index is 11.9. The summed E-state index contributed by atoms with van der Waals surface area (Å²) in [5, 5.41) is 10.4. The van der Waals surface area contributed by atoms with E-state index >= 15 is 0 Å². The molecule has 1 saturated heterocycles. The largest absolute Gasteiger partial charge is 0.480 e. The molecule has 0 spiro atoms. The molecule has 0 unspecified atom stereocenters. The number of carboxylic acid groups (broad SMARTS) is 1. The number of amides is 2. The summed E-state index contributed by atoms with van der Waals surface area (Å²) in [5.74, 6) is -3.82. The zero-order chi connectivity index (χ0) is 14.6. The number of carbonyl (C=O) groups is 3. The smallest absolute Gasteiger partial charge is 0.471 e. The number of rotatable bonds is 4. The molecule has 0 aromatic carbocycles. The molecule has 1 fully saturated rings. The van der Waals surface area contributed by atoms with E-state index in [1.54, 1.807) is 5.32 Å². The van der Waals surface area contributed by atoms with E-state index in [-0.39, 0.29) is 13.0 Å². The first-order valence-corrected chi connectivity index (χ1v) is 5.60. The summed E-state index contributed by atoms with van der Waals surface area (Å²) in [6, 6.07) is -0.925. The standard InChI is InChI=1S/C10H13F3N2O4/c11-10(12,13)9(19)14-4-3-7(16)15-5-1-2-6(15)8(17)18/h6H,1-5H2,(H,14,19)(H,17,18)/t6-/m0/s1. The molecule has 6 nitrogen and oxygen atoms in total. The highest BCUT2D eigenvalue weighted by molar-refractivity contribution is 5.85. The minimum atomic E-state index is -4.99. The van der Waals surface area contributed by atoms with Crippen LogP contribution in [-0.4, -0.2) is 53.1 Å². The van der Waals surface area contributed by atoms with Crippen molar-refractivity contribution in [3.63, 3.8) is 0 Å². The third kappa shape index (κ3) is 4.11. The van der Waals surface area contributed by atoms with Crippen molar-refractivity contribution in [1.82, 2.24) is 10.2 Å². The minimum Gasteiger partial charge on any atom is -0.480 e. The molecule has 19 heavy (non-hydrogen) atoms. The van der Waals surface area contributed by atoms with E-state index in [1.165, 1.54) is 0 Å². The second kappa shape index (κ2) is 5.89. The lowest BCUT2D eigenvalue weighted by Crippen LogP contribution is -2.43. The van der Waals surface area contributed by atoms with E-state index in [2.05, 4.69) is 0 Å². The Morgan fingerprint density at radius 2 is 1.95 bits per heavy atom. The van der Waals surface area contributed by atoms with Gasteiger partial charge in [-0.25, -0.2) is 4.79 Å². The first kappa shape index (κ1) is 15.3. The van der Waals surface area contributed by atoms with Gasteiger partial charge >= 0.3 is 18.1 Å². The Kier molecular flexibility index (Phi) is 4.73. The fourth-order valence-electron chi connectivity index (χ4n) is 1.85. The summed E-state index contributed by atoms with van der Waals surface area (Å²) in [6.45, 7) is -0.205. The quantitative estimate of drug-likeness (QED) is 0.767. The molecular formula is C10H13F3N2O4. The molecule has 0 aromatic rings. The van der Waals surface area contributed by atoms with Crippen molar-refractivity contribution in [3.05, 3.63) is 0 Å². The van der Waals surface area contributed by atoms with E-state index < -0.39 is 36.5 Å². The van der Waals surface area contributed by atoms with Gasteiger partial charge in [-0.2, -0.15) is 13.2 Å². The second-order valence-corrected chi connectivity index (χ2v) is 4.09. The average molecular weight is 282 g/mol. The van der Waals surface area contributed by atoms with Gasteiger partial charge in [0, 0.05) is 19.5 Å². The van der Waals surface area contributed by atoms with Crippen molar-refractivity contribution < 1.29 is 32.7 Å². The maximum Gasteiger partial charge on any atom is 0.471 e. The number of nitrogens with one attached hydrogen (secondary N) is 1. The predicted molar refractivity (Wildman–Crippen MR) is 56.1 cm³/mol. The molecule has 1 heterocycles. The lowest BCUT2D eigenvalue weighted by atomic mass is 10.2. The molecule has 0 saturated carbocycles. The zero-order valence-corrected chi connectivity index (χ0v) is 9.87. The fourth-order valence-corrected chi connectivity index (χ4v) is 1.85. The summed E-state index contributed by atoms with van der Waals surface area (Å²) < 4.78 is 35.6. The van der Waals surface area contributed by atoms with Gasteiger partial charge in [-0.3, -0.25) is 9.59 Å². The van der Waals surface area contributed by atoms with Gasteiger partial charge in [0.2, 0.25) is 5.91 Å². The number of hydrogen-bond donors (Lipinski definition) is 2. The topological polar surface area (TPSA) is 86.7 Å². The molecule has 9 heteroatoms. The van der Waals surface area contributed by atoms with E-state index in [0.29, 0.717) is 12.8 Å². The van der Waals surface area contributed by atoms with E-state index in [0.717, 1.165) is 4.90 Å². The molecule has 1 atom stereocenters.